The molecule has 38 heavy (non-hydrogen) atoms. The molecule has 0 atom stereocenters. The van der Waals surface area contributed by atoms with Gasteiger partial charge < -0.3 is 24.4 Å². The third-order valence-corrected chi connectivity index (χ3v) is 6.14. The van der Waals surface area contributed by atoms with Crippen LogP contribution in [0.3, 0.4) is 0 Å². The highest BCUT2D eigenvalue weighted by Crippen LogP contribution is 2.27. The first-order valence-corrected chi connectivity index (χ1v) is 13.2. The minimum Gasteiger partial charge on any atom is -0.493 e. The Morgan fingerprint density at radius 1 is 0.947 bits per heavy atom. The summed E-state index contributed by atoms with van der Waals surface area (Å²) in [7, 11) is 0. The van der Waals surface area contributed by atoms with Crippen molar-refractivity contribution in [1.82, 2.24) is 19.9 Å². The summed E-state index contributed by atoms with van der Waals surface area (Å²) < 4.78 is 17.6. The van der Waals surface area contributed by atoms with Crippen molar-refractivity contribution >= 4 is 11.6 Å². The average Bonchev–Trinajstić information content (AvgIpc) is 3.46. The summed E-state index contributed by atoms with van der Waals surface area (Å²) in [4.78, 5) is 15.9. The molecule has 1 aliphatic rings. The predicted octanol–water partition coefficient (Wildman–Crippen LogP) is 5.80. The first kappa shape index (κ1) is 27.3. The van der Waals surface area contributed by atoms with Crippen molar-refractivity contribution in [2.75, 3.05) is 44.8 Å². The van der Waals surface area contributed by atoms with Gasteiger partial charge in [-0.1, -0.05) is 12.2 Å². The minimum atomic E-state index is 0.426. The number of benzene rings is 1. The molecule has 1 fully saturated rings. The van der Waals surface area contributed by atoms with Crippen LogP contribution < -0.4 is 14.8 Å². The second-order valence-corrected chi connectivity index (χ2v) is 9.08. The van der Waals surface area contributed by atoms with Gasteiger partial charge in [-0.15, -0.1) is 13.2 Å². The summed E-state index contributed by atoms with van der Waals surface area (Å²) in [6, 6.07) is 11.6. The molecule has 8 heteroatoms. The van der Waals surface area contributed by atoms with Crippen LogP contribution in [0.25, 0.3) is 11.3 Å². The van der Waals surface area contributed by atoms with Crippen LogP contribution in [0.4, 0.5) is 11.6 Å². The molecule has 3 aromatic rings. The lowest BCUT2D eigenvalue weighted by atomic mass is 10.2. The molecule has 1 saturated heterocycles. The van der Waals surface area contributed by atoms with Crippen LogP contribution in [-0.4, -0.2) is 59.3 Å². The van der Waals surface area contributed by atoms with E-state index in [9.17, 15) is 0 Å². The second-order valence-electron chi connectivity index (χ2n) is 9.08. The van der Waals surface area contributed by atoms with Crippen LogP contribution in [-0.2, 0) is 11.3 Å². The van der Waals surface area contributed by atoms with Crippen LogP contribution in [0.2, 0.25) is 0 Å². The fraction of sp³-hybridized carbons (Fsp3) is 0.367. The largest absolute Gasteiger partial charge is 0.493 e. The third-order valence-electron chi connectivity index (χ3n) is 6.14. The fourth-order valence-electron chi connectivity index (χ4n) is 4.24. The van der Waals surface area contributed by atoms with Gasteiger partial charge in [-0.3, -0.25) is 0 Å². The van der Waals surface area contributed by atoms with Crippen molar-refractivity contribution in [2.24, 2.45) is 0 Å². The van der Waals surface area contributed by atoms with Gasteiger partial charge in [0, 0.05) is 41.8 Å². The minimum absolute atomic E-state index is 0.426. The van der Waals surface area contributed by atoms with Crippen LogP contribution >= 0.6 is 0 Å². The van der Waals surface area contributed by atoms with E-state index in [2.05, 4.69) is 33.3 Å². The SMILES string of the molecule is C=CCCOc1cc(-c2ccnc(Nc3ccc(OCCCN4CCCC4)c(COCC=C)c3)n2)ccn1. The number of nitrogens with zero attached hydrogens (tertiary/aromatic N) is 4. The zero-order chi connectivity index (χ0) is 26.4. The summed E-state index contributed by atoms with van der Waals surface area (Å²) in [6.45, 7) is 13.1. The van der Waals surface area contributed by atoms with E-state index in [0.717, 1.165) is 47.6 Å². The summed E-state index contributed by atoms with van der Waals surface area (Å²) in [6.07, 6.45) is 11.4. The molecule has 1 N–H and O–H groups in total. The number of ether oxygens (including phenoxy) is 3. The van der Waals surface area contributed by atoms with Crippen molar-refractivity contribution in [3.63, 3.8) is 0 Å². The van der Waals surface area contributed by atoms with Crippen molar-refractivity contribution in [3.8, 4) is 22.9 Å². The zero-order valence-corrected chi connectivity index (χ0v) is 22.0. The number of pyridine rings is 1. The van der Waals surface area contributed by atoms with Crippen LogP contribution in [0.5, 0.6) is 11.6 Å². The van der Waals surface area contributed by atoms with Gasteiger partial charge >= 0.3 is 0 Å². The summed E-state index contributed by atoms with van der Waals surface area (Å²) >= 11 is 0. The molecule has 2 aromatic heterocycles. The first-order chi connectivity index (χ1) is 18.7. The highest BCUT2D eigenvalue weighted by atomic mass is 16.5. The normalized spacial score (nSPS) is 13.3. The molecule has 4 rings (SSSR count). The Balaban J connectivity index is 1.42. The number of hydrogen-bond donors (Lipinski definition) is 1. The van der Waals surface area contributed by atoms with Crippen LogP contribution in [0.1, 0.15) is 31.2 Å². The zero-order valence-electron chi connectivity index (χ0n) is 22.0. The van der Waals surface area contributed by atoms with Crippen molar-refractivity contribution in [3.05, 3.63) is 79.7 Å². The number of nitrogens with one attached hydrogen (secondary N) is 1. The number of rotatable bonds is 16. The highest BCUT2D eigenvalue weighted by molar-refractivity contribution is 5.63. The van der Waals surface area contributed by atoms with Gasteiger partial charge in [0.2, 0.25) is 11.8 Å². The Morgan fingerprint density at radius 2 is 1.82 bits per heavy atom. The highest BCUT2D eigenvalue weighted by Gasteiger charge is 2.12. The van der Waals surface area contributed by atoms with Gasteiger partial charge in [-0.2, -0.15) is 0 Å². The van der Waals surface area contributed by atoms with E-state index in [1.54, 1.807) is 18.5 Å². The predicted molar refractivity (Wildman–Crippen MR) is 151 cm³/mol. The smallest absolute Gasteiger partial charge is 0.227 e. The Labute approximate surface area is 225 Å². The molecule has 0 radical (unpaired) electrons. The monoisotopic (exact) mass is 515 g/mol. The van der Waals surface area contributed by atoms with E-state index in [4.69, 9.17) is 19.2 Å². The van der Waals surface area contributed by atoms with E-state index >= 15 is 0 Å². The molecular weight excluding hydrogens is 478 g/mol. The van der Waals surface area contributed by atoms with Crippen molar-refractivity contribution < 1.29 is 14.2 Å². The number of likely N-dealkylation sites (tertiary alicyclic amines) is 1. The maximum absolute atomic E-state index is 6.14. The van der Waals surface area contributed by atoms with E-state index in [0.29, 0.717) is 38.3 Å². The van der Waals surface area contributed by atoms with Crippen molar-refractivity contribution in [1.29, 1.82) is 0 Å². The van der Waals surface area contributed by atoms with Crippen LogP contribution in [0, 0.1) is 0 Å². The third kappa shape index (κ3) is 8.39. The van der Waals surface area contributed by atoms with Crippen LogP contribution in [0.15, 0.2) is 74.1 Å². The summed E-state index contributed by atoms with van der Waals surface area (Å²) in [5, 5.41) is 3.31. The summed E-state index contributed by atoms with van der Waals surface area (Å²) in [5.41, 5.74) is 3.48. The standard InChI is InChI=1S/C30H37N5O3/c1-3-5-19-38-29-22-24(11-13-31-29)27-12-14-32-30(34-27)33-26-9-10-28(25(21-26)23-36-18-4-2)37-20-8-17-35-15-6-7-16-35/h3-4,9-14,21-22H,1-2,5-8,15-20,23H2,(H,32,33,34). The lowest BCUT2D eigenvalue weighted by Crippen LogP contribution is -2.22. The van der Waals surface area contributed by atoms with Gasteiger partial charge in [0.05, 0.1) is 32.1 Å². The lowest BCUT2D eigenvalue weighted by molar-refractivity contribution is 0.145. The molecule has 1 aliphatic heterocycles. The van der Waals surface area contributed by atoms with Crippen molar-refractivity contribution in [2.45, 2.75) is 32.3 Å². The molecule has 200 valence electrons. The summed E-state index contributed by atoms with van der Waals surface area (Å²) in [5.74, 6) is 1.87. The fourth-order valence-corrected chi connectivity index (χ4v) is 4.24. The van der Waals surface area contributed by atoms with E-state index < -0.39 is 0 Å². The molecule has 1 aromatic carbocycles. The van der Waals surface area contributed by atoms with Gasteiger partial charge in [-0.25, -0.2) is 15.0 Å². The molecule has 0 saturated carbocycles. The number of hydrogen-bond acceptors (Lipinski definition) is 8. The van der Waals surface area contributed by atoms with Gasteiger partial charge in [0.25, 0.3) is 0 Å². The molecule has 8 nitrogen and oxygen atoms in total. The van der Waals surface area contributed by atoms with E-state index in [1.165, 1.54) is 25.9 Å². The number of anilines is 2. The molecule has 0 amide bonds. The average molecular weight is 516 g/mol. The topological polar surface area (TPSA) is 81.6 Å². The molecule has 0 bridgehead atoms. The maximum atomic E-state index is 6.14. The van der Waals surface area contributed by atoms with Gasteiger partial charge in [0.15, 0.2) is 0 Å². The Hall–Kier alpha value is -3.75. The Kier molecular flexibility index (Phi) is 10.7. The molecule has 0 spiro atoms. The second kappa shape index (κ2) is 14.9. The lowest BCUT2D eigenvalue weighted by Gasteiger charge is -2.16. The number of aromatic nitrogens is 3. The van der Waals surface area contributed by atoms with E-state index in [1.807, 2.05) is 42.5 Å². The maximum Gasteiger partial charge on any atom is 0.227 e. The Morgan fingerprint density at radius 3 is 2.66 bits per heavy atom. The quantitative estimate of drug-likeness (QED) is 0.189. The molecular formula is C30H37N5O3. The molecule has 0 unspecified atom stereocenters. The molecule has 3 heterocycles. The molecule has 0 aliphatic carbocycles. The Bertz CT molecular complexity index is 1180. The van der Waals surface area contributed by atoms with Gasteiger partial charge in [-0.05, 0) is 69.1 Å². The van der Waals surface area contributed by atoms with Gasteiger partial charge in [0.1, 0.15) is 5.75 Å². The first-order valence-electron chi connectivity index (χ1n) is 13.2. The van der Waals surface area contributed by atoms with E-state index in [-0.39, 0.29) is 0 Å².